The number of hydrogen-bond donors (Lipinski definition) is 4. The highest BCUT2D eigenvalue weighted by molar-refractivity contribution is 6.24. The molecule has 8 nitrogen and oxygen atoms in total. The zero-order valence-electron chi connectivity index (χ0n) is 19.3. The Bertz CT molecular complexity index is 1190. The van der Waals surface area contributed by atoms with Gasteiger partial charge in [-0.25, -0.2) is 4.39 Å². The minimum atomic E-state index is -1.21. The lowest BCUT2D eigenvalue weighted by Crippen LogP contribution is -2.58. The molecule has 0 bridgehead atoms. The van der Waals surface area contributed by atoms with E-state index in [1.165, 1.54) is 12.8 Å². The number of nitrogens with zero attached hydrogens (tertiary/aromatic N) is 2. The van der Waals surface area contributed by atoms with E-state index in [0.29, 0.717) is 29.5 Å². The maximum Gasteiger partial charge on any atom is 0.264 e. The van der Waals surface area contributed by atoms with Crippen molar-refractivity contribution >= 4 is 17.5 Å². The number of rotatable bonds is 6. The molecule has 0 aromatic heterocycles. The quantitative estimate of drug-likeness (QED) is 0.469. The molecule has 6 rings (SSSR count). The van der Waals surface area contributed by atoms with Crippen molar-refractivity contribution in [3.05, 3.63) is 64.5 Å². The van der Waals surface area contributed by atoms with Crippen LogP contribution in [0.1, 0.15) is 57.5 Å². The lowest BCUT2D eigenvalue weighted by Gasteiger charge is -2.40. The fourth-order valence-corrected chi connectivity index (χ4v) is 5.69. The van der Waals surface area contributed by atoms with Gasteiger partial charge in [-0.3, -0.25) is 24.7 Å². The smallest absolute Gasteiger partial charge is 0.264 e. The Morgan fingerprint density at radius 1 is 1.09 bits per heavy atom. The summed E-state index contributed by atoms with van der Waals surface area (Å²) in [5.74, 6) is -1.29. The summed E-state index contributed by atoms with van der Waals surface area (Å²) in [6, 6.07) is 9.45. The van der Waals surface area contributed by atoms with Crippen molar-refractivity contribution in [2.24, 2.45) is 5.41 Å². The first-order chi connectivity index (χ1) is 16.8. The van der Waals surface area contributed by atoms with Crippen molar-refractivity contribution in [1.82, 2.24) is 15.1 Å². The van der Waals surface area contributed by atoms with Gasteiger partial charge in [0.15, 0.2) is 0 Å². The van der Waals surface area contributed by atoms with Crippen LogP contribution in [0.2, 0.25) is 0 Å². The second-order valence-electron chi connectivity index (χ2n) is 10.4. The number of likely N-dealkylation sites (tertiary alicyclic amines) is 1. The van der Waals surface area contributed by atoms with E-state index in [4.69, 9.17) is 0 Å². The van der Waals surface area contributed by atoms with Crippen molar-refractivity contribution in [2.75, 3.05) is 18.4 Å². The molecule has 3 fully saturated rings. The van der Waals surface area contributed by atoms with Crippen LogP contribution in [0.4, 0.5) is 10.1 Å². The van der Waals surface area contributed by atoms with E-state index >= 15 is 0 Å². The lowest BCUT2D eigenvalue weighted by molar-refractivity contribution is -0.0413. The maximum absolute atomic E-state index is 14.8. The molecule has 0 radical (unpaired) electrons. The molecule has 3 unspecified atom stereocenters. The second kappa shape index (κ2) is 8.37. The first kappa shape index (κ1) is 22.6. The van der Waals surface area contributed by atoms with Gasteiger partial charge >= 0.3 is 0 Å². The van der Waals surface area contributed by atoms with Gasteiger partial charge in [-0.2, -0.15) is 0 Å². The van der Waals surface area contributed by atoms with Gasteiger partial charge in [-0.1, -0.05) is 18.2 Å². The molecule has 3 aliphatic heterocycles. The van der Waals surface area contributed by atoms with E-state index in [1.54, 1.807) is 30.3 Å². The van der Waals surface area contributed by atoms with Crippen LogP contribution in [0.25, 0.3) is 0 Å². The fourth-order valence-electron chi connectivity index (χ4n) is 5.69. The van der Waals surface area contributed by atoms with Crippen LogP contribution in [-0.2, 0) is 13.1 Å². The normalized spacial score (nSPS) is 27.2. The predicted molar refractivity (Wildman–Crippen MR) is 126 cm³/mol. The minimum absolute atomic E-state index is 0.163. The summed E-state index contributed by atoms with van der Waals surface area (Å²) < 4.78 is 14.8. The van der Waals surface area contributed by atoms with E-state index in [0.717, 1.165) is 30.1 Å². The van der Waals surface area contributed by atoms with Crippen molar-refractivity contribution in [3.63, 3.8) is 0 Å². The molecule has 1 spiro atoms. The van der Waals surface area contributed by atoms with Gasteiger partial charge in [0.25, 0.3) is 11.8 Å². The van der Waals surface area contributed by atoms with Crippen molar-refractivity contribution in [3.8, 4) is 0 Å². The third-order valence-corrected chi connectivity index (χ3v) is 7.81. The van der Waals surface area contributed by atoms with Gasteiger partial charge in [0, 0.05) is 37.4 Å². The highest BCUT2D eigenvalue weighted by Gasteiger charge is 2.51. The number of benzene rings is 2. The molecular formula is C26H29FN4O4. The number of aliphatic hydroxyl groups is 2. The molecule has 4 aliphatic rings. The molecule has 35 heavy (non-hydrogen) atoms. The van der Waals surface area contributed by atoms with Crippen LogP contribution in [0.3, 0.4) is 0 Å². The molecule has 2 aromatic carbocycles. The molecule has 2 amide bonds. The third kappa shape index (κ3) is 4.02. The number of carbonyl (C=O) groups is 2. The first-order valence-corrected chi connectivity index (χ1v) is 12.2. The Hall–Kier alpha value is -2.85. The van der Waals surface area contributed by atoms with Gasteiger partial charge in [-0.05, 0) is 54.9 Å². The molecule has 1 aliphatic carbocycles. The number of aliphatic hydroxyl groups excluding tert-OH is 2. The molecular weight excluding hydrogens is 451 g/mol. The number of piperidine rings is 1. The zero-order valence-corrected chi connectivity index (χ0v) is 19.3. The van der Waals surface area contributed by atoms with E-state index < -0.39 is 30.3 Å². The summed E-state index contributed by atoms with van der Waals surface area (Å²) in [7, 11) is 0. The number of amides is 2. The van der Waals surface area contributed by atoms with Crippen LogP contribution < -0.4 is 10.6 Å². The maximum atomic E-state index is 14.8. The summed E-state index contributed by atoms with van der Waals surface area (Å²) >= 11 is 0. The van der Waals surface area contributed by atoms with E-state index in [-0.39, 0.29) is 23.5 Å². The second-order valence-corrected chi connectivity index (χ2v) is 10.4. The number of halogens is 1. The summed E-state index contributed by atoms with van der Waals surface area (Å²) in [6.45, 7) is 3.13. The Labute approximate surface area is 202 Å². The lowest BCUT2D eigenvalue weighted by atomic mass is 9.96. The van der Waals surface area contributed by atoms with Crippen molar-refractivity contribution in [2.45, 2.75) is 57.3 Å². The number of hydrogen-bond acceptors (Lipinski definition) is 7. The Balaban J connectivity index is 1.15. The fraction of sp³-hybridized carbons (Fsp3) is 0.462. The first-order valence-electron chi connectivity index (χ1n) is 12.2. The summed E-state index contributed by atoms with van der Waals surface area (Å²) in [4.78, 5) is 29.7. The van der Waals surface area contributed by atoms with Crippen molar-refractivity contribution in [1.29, 1.82) is 0 Å². The average molecular weight is 481 g/mol. The summed E-state index contributed by atoms with van der Waals surface area (Å²) in [5, 5.41) is 25.7. The number of nitrogens with one attached hydrogen (secondary N) is 2. The molecule has 184 valence electrons. The molecule has 3 heterocycles. The molecule has 4 N–H and O–H groups in total. The monoisotopic (exact) mass is 480 g/mol. The van der Waals surface area contributed by atoms with Crippen molar-refractivity contribution < 1.29 is 24.2 Å². The zero-order chi connectivity index (χ0) is 24.3. The van der Waals surface area contributed by atoms with Crippen LogP contribution >= 0.6 is 0 Å². The van der Waals surface area contributed by atoms with E-state index in [9.17, 15) is 24.2 Å². The number of carbonyl (C=O) groups excluding carboxylic acids is 2. The van der Waals surface area contributed by atoms with Gasteiger partial charge in [0.05, 0.1) is 17.2 Å². The van der Waals surface area contributed by atoms with Gasteiger partial charge in [-0.15, -0.1) is 0 Å². The molecule has 9 heteroatoms. The highest BCUT2D eigenvalue weighted by atomic mass is 19.1. The molecule has 1 saturated carbocycles. The topological polar surface area (TPSA) is 105 Å². The molecule has 3 atom stereocenters. The predicted octanol–water partition coefficient (Wildman–Crippen LogP) is 2.02. The molecule has 2 saturated heterocycles. The highest BCUT2D eigenvalue weighted by Crippen LogP contribution is 2.53. The number of anilines is 1. The number of imide groups is 1. The van der Waals surface area contributed by atoms with E-state index in [2.05, 4.69) is 15.5 Å². The molecule has 2 aromatic rings. The third-order valence-electron chi connectivity index (χ3n) is 7.81. The average Bonchev–Trinajstić information content (AvgIpc) is 3.56. The SMILES string of the molecule is O=C1c2cccc(NCc3ccc(CN4CC5(CC5)C4)cc3F)c2C(=O)N1C1CCC(O)NC1O. The summed E-state index contributed by atoms with van der Waals surface area (Å²) in [5.41, 5.74) is 2.91. The van der Waals surface area contributed by atoms with Crippen LogP contribution in [0, 0.1) is 11.2 Å². The summed E-state index contributed by atoms with van der Waals surface area (Å²) in [6.07, 6.45) is 1.15. The Kier molecular flexibility index (Phi) is 5.41. The largest absolute Gasteiger partial charge is 0.380 e. The standard InChI is InChI=1S/C26H29FN4O4/c27-18-10-15(12-30-13-26(14-30)8-9-26)4-5-16(18)11-28-19-3-1-2-17-22(19)25(35)31(24(17)34)20-6-7-21(32)29-23(20)33/h1-5,10,20-21,23,28-29,32-33H,6-9,11-14H2. The van der Waals surface area contributed by atoms with Gasteiger partial charge in [0.2, 0.25) is 0 Å². The van der Waals surface area contributed by atoms with Crippen LogP contribution in [-0.4, -0.2) is 63.4 Å². The number of fused-ring (bicyclic) bond motifs is 1. The Morgan fingerprint density at radius 2 is 1.89 bits per heavy atom. The van der Waals surface area contributed by atoms with E-state index in [1.807, 2.05) is 6.07 Å². The minimum Gasteiger partial charge on any atom is -0.380 e. The van der Waals surface area contributed by atoms with Gasteiger partial charge < -0.3 is 15.5 Å². The Morgan fingerprint density at radius 3 is 2.60 bits per heavy atom. The van der Waals surface area contributed by atoms with Crippen LogP contribution in [0.5, 0.6) is 0 Å². The van der Waals surface area contributed by atoms with Gasteiger partial charge in [0.1, 0.15) is 18.3 Å². The van der Waals surface area contributed by atoms with Crippen LogP contribution in [0.15, 0.2) is 36.4 Å².